The van der Waals surface area contributed by atoms with Crippen LogP contribution < -0.4 is 0 Å². The SMILES string of the molecule is N#CCCN(CCC#N)CN1C(=O)[C@H]2CC=CC[C@H]2C1=O. The predicted octanol–water partition coefficient (Wildman–Crippen LogP) is 1.02. The Balaban J connectivity index is 2.03. The standard InChI is InChI=1S/C15H18N4O2/c16-7-3-9-18(10-4-8-17)11-19-14(20)12-5-1-2-6-13(12)15(19)21/h1-2,12-13H,3-6,9-11H2/t12-,13+. The maximum absolute atomic E-state index is 12.3. The second-order valence-electron chi connectivity index (χ2n) is 5.34. The minimum Gasteiger partial charge on any atom is -0.284 e. The van der Waals surface area contributed by atoms with Crippen molar-refractivity contribution < 1.29 is 9.59 Å². The summed E-state index contributed by atoms with van der Waals surface area (Å²) in [4.78, 5) is 27.8. The first kappa shape index (κ1) is 15.2. The summed E-state index contributed by atoms with van der Waals surface area (Å²) in [6.07, 6.45) is 5.80. The fourth-order valence-corrected chi connectivity index (χ4v) is 2.88. The maximum Gasteiger partial charge on any atom is 0.234 e. The summed E-state index contributed by atoms with van der Waals surface area (Å²) in [6, 6.07) is 4.10. The highest BCUT2D eigenvalue weighted by Gasteiger charge is 2.47. The van der Waals surface area contributed by atoms with Gasteiger partial charge in [-0.3, -0.25) is 19.4 Å². The third-order valence-corrected chi connectivity index (χ3v) is 4.02. The van der Waals surface area contributed by atoms with Crippen LogP contribution in [0.15, 0.2) is 12.2 Å². The maximum atomic E-state index is 12.3. The number of hydrogen-bond acceptors (Lipinski definition) is 5. The van der Waals surface area contributed by atoms with Crippen LogP contribution in [-0.2, 0) is 9.59 Å². The molecule has 0 bridgehead atoms. The Morgan fingerprint density at radius 3 is 1.95 bits per heavy atom. The molecule has 2 aliphatic rings. The molecule has 0 aromatic carbocycles. The number of fused-ring (bicyclic) bond motifs is 1. The van der Waals surface area contributed by atoms with E-state index in [4.69, 9.17) is 10.5 Å². The zero-order valence-electron chi connectivity index (χ0n) is 11.9. The van der Waals surface area contributed by atoms with Crippen LogP contribution >= 0.6 is 0 Å². The minimum atomic E-state index is -0.226. The second kappa shape index (κ2) is 7.01. The lowest BCUT2D eigenvalue weighted by Gasteiger charge is -2.25. The number of hydrogen-bond donors (Lipinski definition) is 0. The highest BCUT2D eigenvalue weighted by molar-refractivity contribution is 6.05. The van der Waals surface area contributed by atoms with Gasteiger partial charge in [-0.05, 0) is 12.8 Å². The van der Waals surface area contributed by atoms with Crippen LogP contribution in [0, 0.1) is 34.5 Å². The van der Waals surface area contributed by atoms with Crippen molar-refractivity contribution in [1.82, 2.24) is 9.80 Å². The summed E-state index contributed by atoms with van der Waals surface area (Å²) in [5.41, 5.74) is 0. The van der Waals surface area contributed by atoms with Crippen molar-refractivity contribution in [2.24, 2.45) is 11.8 Å². The molecule has 2 rings (SSSR count). The summed E-state index contributed by atoms with van der Waals surface area (Å²) in [5, 5.41) is 17.4. The van der Waals surface area contributed by atoms with Crippen molar-refractivity contribution in [3.8, 4) is 12.1 Å². The van der Waals surface area contributed by atoms with Crippen molar-refractivity contribution >= 4 is 11.8 Å². The number of rotatable bonds is 6. The average Bonchev–Trinajstić information content (AvgIpc) is 2.75. The number of imide groups is 1. The Morgan fingerprint density at radius 1 is 1.05 bits per heavy atom. The highest BCUT2D eigenvalue weighted by Crippen LogP contribution is 2.35. The van der Waals surface area contributed by atoms with Crippen LogP contribution in [0.2, 0.25) is 0 Å². The van der Waals surface area contributed by atoms with E-state index in [0.29, 0.717) is 38.8 Å². The van der Waals surface area contributed by atoms with Crippen molar-refractivity contribution in [3.63, 3.8) is 0 Å². The molecular weight excluding hydrogens is 268 g/mol. The largest absolute Gasteiger partial charge is 0.284 e. The van der Waals surface area contributed by atoms with Crippen LogP contribution in [0.5, 0.6) is 0 Å². The Kier molecular flexibility index (Phi) is 5.08. The number of carbonyl (C=O) groups excluding carboxylic acids is 2. The number of amides is 2. The minimum absolute atomic E-state index is 0.117. The second-order valence-corrected chi connectivity index (χ2v) is 5.34. The van der Waals surface area contributed by atoms with Gasteiger partial charge in [-0.1, -0.05) is 12.2 Å². The molecule has 1 heterocycles. The molecule has 0 N–H and O–H groups in total. The van der Waals surface area contributed by atoms with Crippen LogP contribution in [0.3, 0.4) is 0 Å². The molecule has 6 heteroatoms. The highest BCUT2D eigenvalue weighted by atomic mass is 16.2. The molecule has 1 saturated heterocycles. The molecule has 6 nitrogen and oxygen atoms in total. The van der Waals surface area contributed by atoms with Crippen molar-refractivity contribution in [2.45, 2.75) is 25.7 Å². The molecule has 2 amide bonds. The fourth-order valence-electron chi connectivity index (χ4n) is 2.88. The first-order valence-electron chi connectivity index (χ1n) is 7.15. The van der Waals surface area contributed by atoms with E-state index >= 15 is 0 Å². The number of likely N-dealkylation sites (tertiary alicyclic amines) is 1. The number of allylic oxidation sites excluding steroid dienone is 2. The lowest BCUT2D eigenvalue weighted by Crippen LogP contribution is -2.42. The molecule has 1 aliphatic carbocycles. The Bertz CT molecular complexity index is 485. The van der Waals surface area contributed by atoms with Crippen LogP contribution in [0.25, 0.3) is 0 Å². The third-order valence-electron chi connectivity index (χ3n) is 4.02. The monoisotopic (exact) mass is 286 g/mol. The van der Waals surface area contributed by atoms with Crippen molar-refractivity contribution in [3.05, 3.63) is 12.2 Å². The third kappa shape index (κ3) is 3.29. The van der Waals surface area contributed by atoms with Gasteiger partial charge >= 0.3 is 0 Å². The van der Waals surface area contributed by atoms with Gasteiger partial charge in [-0.25, -0.2) is 0 Å². The first-order valence-corrected chi connectivity index (χ1v) is 7.15. The van der Waals surface area contributed by atoms with Gasteiger partial charge in [0.05, 0.1) is 30.6 Å². The van der Waals surface area contributed by atoms with E-state index in [9.17, 15) is 9.59 Å². The molecule has 1 aliphatic heterocycles. The van der Waals surface area contributed by atoms with Gasteiger partial charge in [0.1, 0.15) is 0 Å². The van der Waals surface area contributed by atoms with E-state index in [-0.39, 0.29) is 30.3 Å². The molecule has 0 saturated carbocycles. The lowest BCUT2D eigenvalue weighted by molar-refractivity contribution is -0.142. The van der Waals surface area contributed by atoms with Crippen LogP contribution in [0.1, 0.15) is 25.7 Å². The zero-order valence-corrected chi connectivity index (χ0v) is 11.9. The van der Waals surface area contributed by atoms with Gasteiger partial charge in [-0.2, -0.15) is 10.5 Å². The van der Waals surface area contributed by atoms with Gasteiger partial charge in [0.15, 0.2) is 0 Å². The Labute approximate surface area is 124 Å². The molecule has 21 heavy (non-hydrogen) atoms. The molecule has 1 fully saturated rings. The van der Waals surface area contributed by atoms with Gasteiger partial charge in [0.25, 0.3) is 0 Å². The molecule has 2 atom stereocenters. The smallest absolute Gasteiger partial charge is 0.234 e. The van der Waals surface area contributed by atoms with E-state index in [1.807, 2.05) is 29.2 Å². The molecule has 0 aromatic rings. The predicted molar refractivity (Wildman–Crippen MR) is 74.1 cm³/mol. The first-order chi connectivity index (χ1) is 10.2. The molecule has 0 spiro atoms. The number of carbonyl (C=O) groups is 2. The summed E-state index contributed by atoms with van der Waals surface area (Å²) < 4.78 is 0. The Morgan fingerprint density at radius 2 is 1.52 bits per heavy atom. The van der Waals surface area contributed by atoms with Crippen molar-refractivity contribution in [1.29, 1.82) is 10.5 Å². The lowest BCUT2D eigenvalue weighted by atomic mass is 9.85. The molecule has 0 radical (unpaired) electrons. The summed E-state index contributed by atoms with van der Waals surface area (Å²) in [7, 11) is 0. The molecular formula is C15H18N4O2. The topological polar surface area (TPSA) is 88.2 Å². The summed E-state index contributed by atoms with van der Waals surface area (Å²) in [5.74, 6) is -0.686. The number of nitrogens with zero attached hydrogens (tertiary/aromatic N) is 4. The van der Waals surface area contributed by atoms with Gasteiger partial charge < -0.3 is 0 Å². The normalized spacial score (nSPS) is 24.0. The zero-order chi connectivity index (χ0) is 15.2. The summed E-state index contributed by atoms with van der Waals surface area (Å²) >= 11 is 0. The summed E-state index contributed by atoms with van der Waals surface area (Å²) in [6.45, 7) is 1.11. The average molecular weight is 286 g/mol. The molecule has 0 aromatic heterocycles. The Hall–Kier alpha value is -2.18. The van der Waals surface area contributed by atoms with E-state index in [1.165, 1.54) is 4.90 Å². The quantitative estimate of drug-likeness (QED) is 0.537. The van der Waals surface area contributed by atoms with E-state index < -0.39 is 0 Å². The van der Waals surface area contributed by atoms with Gasteiger partial charge in [0.2, 0.25) is 11.8 Å². The van der Waals surface area contributed by atoms with Crippen molar-refractivity contribution in [2.75, 3.05) is 19.8 Å². The molecule has 110 valence electrons. The van der Waals surface area contributed by atoms with E-state index in [0.717, 1.165) is 0 Å². The van der Waals surface area contributed by atoms with E-state index in [2.05, 4.69) is 0 Å². The van der Waals surface area contributed by atoms with Crippen LogP contribution in [0.4, 0.5) is 0 Å². The molecule has 0 unspecified atom stereocenters. The fraction of sp³-hybridized carbons (Fsp3) is 0.600. The van der Waals surface area contributed by atoms with Gasteiger partial charge in [0, 0.05) is 25.9 Å². The van der Waals surface area contributed by atoms with Crippen LogP contribution in [-0.4, -0.2) is 41.4 Å². The number of nitriles is 2. The van der Waals surface area contributed by atoms with Gasteiger partial charge in [-0.15, -0.1) is 0 Å². The van der Waals surface area contributed by atoms with E-state index in [1.54, 1.807) is 0 Å².